The van der Waals surface area contributed by atoms with Crippen LogP contribution < -0.4 is 5.32 Å². The van der Waals surface area contributed by atoms with E-state index >= 15 is 0 Å². The molecule has 0 bridgehead atoms. The lowest BCUT2D eigenvalue weighted by Gasteiger charge is -2.10. The Kier molecular flexibility index (Phi) is 4.90. The van der Waals surface area contributed by atoms with Gasteiger partial charge < -0.3 is 10.1 Å². The van der Waals surface area contributed by atoms with E-state index in [0.29, 0.717) is 5.69 Å². The first-order chi connectivity index (χ1) is 10.1. The van der Waals surface area contributed by atoms with Gasteiger partial charge in [0.2, 0.25) is 0 Å². The van der Waals surface area contributed by atoms with E-state index in [1.54, 1.807) is 31.2 Å². The number of nitrogens with one attached hydrogen (secondary N) is 1. The first-order valence-corrected chi connectivity index (χ1v) is 6.68. The Balaban J connectivity index is 2.26. The number of carbonyl (C=O) groups is 2. The zero-order valence-corrected chi connectivity index (χ0v) is 12.1. The van der Waals surface area contributed by atoms with Gasteiger partial charge >= 0.3 is 5.97 Å². The number of benzene rings is 1. The molecule has 0 aliphatic heterocycles. The lowest BCUT2D eigenvalue weighted by molar-refractivity contribution is 0.0527. The highest BCUT2D eigenvalue weighted by molar-refractivity contribution is 6.34. The van der Waals surface area contributed by atoms with Gasteiger partial charge in [0.1, 0.15) is 0 Å². The molecule has 6 heteroatoms. The molecule has 2 aromatic rings. The summed E-state index contributed by atoms with van der Waals surface area (Å²) in [6.07, 6.45) is 2.86. The predicted octanol–water partition coefficient (Wildman–Crippen LogP) is 3.16. The maximum atomic E-state index is 12.2. The van der Waals surface area contributed by atoms with Crippen LogP contribution in [0.3, 0.4) is 0 Å². The van der Waals surface area contributed by atoms with Crippen molar-refractivity contribution in [2.24, 2.45) is 0 Å². The fourth-order valence-corrected chi connectivity index (χ4v) is 1.90. The largest absolute Gasteiger partial charge is 0.462 e. The van der Waals surface area contributed by atoms with E-state index in [9.17, 15) is 9.59 Å². The number of hydrogen-bond donors (Lipinski definition) is 1. The van der Waals surface area contributed by atoms with Crippen LogP contribution in [-0.2, 0) is 4.74 Å². The van der Waals surface area contributed by atoms with Crippen molar-refractivity contribution in [2.75, 3.05) is 11.9 Å². The summed E-state index contributed by atoms with van der Waals surface area (Å²) in [4.78, 5) is 27.9. The molecule has 0 saturated carbocycles. The van der Waals surface area contributed by atoms with Gasteiger partial charge in [0.25, 0.3) is 5.91 Å². The first kappa shape index (κ1) is 15.0. The van der Waals surface area contributed by atoms with Gasteiger partial charge in [-0.1, -0.05) is 23.7 Å². The summed E-state index contributed by atoms with van der Waals surface area (Å²) in [6.45, 7) is 1.98. The average Bonchev–Trinajstić information content (AvgIpc) is 2.48. The number of ether oxygens (including phenoxy) is 1. The number of esters is 1. The van der Waals surface area contributed by atoms with Crippen molar-refractivity contribution in [3.63, 3.8) is 0 Å². The molecule has 21 heavy (non-hydrogen) atoms. The highest BCUT2D eigenvalue weighted by atomic mass is 35.5. The van der Waals surface area contributed by atoms with Gasteiger partial charge in [0, 0.05) is 12.4 Å². The lowest BCUT2D eigenvalue weighted by atomic mass is 10.1. The maximum Gasteiger partial charge on any atom is 0.340 e. The molecule has 0 spiro atoms. The quantitative estimate of drug-likeness (QED) is 0.881. The Morgan fingerprint density at radius 2 is 2.00 bits per heavy atom. The van der Waals surface area contributed by atoms with E-state index in [1.165, 1.54) is 18.5 Å². The molecule has 0 atom stereocenters. The smallest absolute Gasteiger partial charge is 0.340 e. The molecule has 0 saturated heterocycles. The second-order valence-corrected chi connectivity index (χ2v) is 4.48. The molecule has 0 fully saturated rings. The predicted molar refractivity (Wildman–Crippen MR) is 79.6 cm³/mol. The molecule has 5 nitrogen and oxygen atoms in total. The number of rotatable bonds is 4. The van der Waals surface area contributed by atoms with E-state index < -0.39 is 11.9 Å². The third-order valence-corrected chi connectivity index (χ3v) is 3.01. The fourth-order valence-electron chi connectivity index (χ4n) is 1.71. The van der Waals surface area contributed by atoms with Gasteiger partial charge in [-0.2, -0.15) is 0 Å². The Morgan fingerprint density at radius 3 is 2.71 bits per heavy atom. The molecule has 108 valence electrons. The van der Waals surface area contributed by atoms with Gasteiger partial charge in [0.05, 0.1) is 28.4 Å². The van der Waals surface area contributed by atoms with Crippen molar-refractivity contribution < 1.29 is 14.3 Å². The van der Waals surface area contributed by atoms with Gasteiger partial charge in [-0.15, -0.1) is 0 Å². The van der Waals surface area contributed by atoms with E-state index in [1.807, 2.05) is 0 Å². The number of para-hydroxylation sites is 1. The molecule has 0 aliphatic rings. The minimum Gasteiger partial charge on any atom is -0.462 e. The van der Waals surface area contributed by atoms with Crippen LogP contribution in [0.15, 0.2) is 42.7 Å². The number of halogens is 1. The van der Waals surface area contributed by atoms with Crippen LogP contribution in [0.2, 0.25) is 5.02 Å². The van der Waals surface area contributed by atoms with Gasteiger partial charge in [-0.25, -0.2) is 4.79 Å². The molecule has 2 rings (SSSR count). The normalized spacial score (nSPS) is 10.0. The van der Waals surface area contributed by atoms with Crippen molar-refractivity contribution in [2.45, 2.75) is 6.92 Å². The topological polar surface area (TPSA) is 68.3 Å². The fraction of sp³-hybridized carbons (Fsp3) is 0.133. The Hall–Kier alpha value is -2.40. The standard InChI is InChI=1S/C15H13ClN2O3/c1-2-21-15(20)10-5-3-4-6-13(10)18-14(19)11-9-17-8-7-12(11)16/h3-9H,2H2,1H3,(H,18,19). The van der Waals surface area contributed by atoms with Crippen LogP contribution in [0.5, 0.6) is 0 Å². The van der Waals surface area contributed by atoms with Crippen LogP contribution in [-0.4, -0.2) is 23.5 Å². The number of aromatic nitrogens is 1. The van der Waals surface area contributed by atoms with Crippen molar-refractivity contribution in [3.05, 3.63) is 58.9 Å². The van der Waals surface area contributed by atoms with Crippen molar-refractivity contribution in [1.82, 2.24) is 4.98 Å². The Labute approximate surface area is 126 Å². The molecular weight excluding hydrogens is 292 g/mol. The number of anilines is 1. The van der Waals surface area contributed by atoms with Crippen LogP contribution in [0, 0.1) is 0 Å². The summed E-state index contributed by atoms with van der Waals surface area (Å²) in [6, 6.07) is 8.13. The molecule has 1 aromatic carbocycles. The van der Waals surface area contributed by atoms with Crippen LogP contribution in [0.25, 0.3) is 0 Å². The molecule has 1 heterocycles. The second-order valence-electron chi connectivity index (χ2n) is 4.08. The molecule has 0 radical (unpaired) electrons. The SMILES string of the molecule is CCOC(=O)c1ccccc1NC(=O)c1cnccc1Cl. The summed E-state index contributed by atoms with van der Waals surface area (Å²) >= 11 is 5.94. The highest BCUT2D eigenvalue weighted by Crippen LogP contribution is 2.19. The van der Waals surface area contributed by atoms with Gasteiger partial charge in [-0.05, 0) is 25.1 Å². The van der Waals surface area contributed by atoms with Crippen LogP contribution in [0.4, 0.5) is 5.69 Å². The second kappa shape index (κ2) is 6.85. The summed E-state index contributed by atoms with van der Waals surface area (Å²) in [5.41, 5.74) is 0.881. The van der Waals surface area contributed by atoms with E-state index in [2.05, 4.69) is 10.3 Å². The van der Waals surface area contributed by atoms with Crippen LogP contribution >= 0.6 is 11.6 Å². The van der Waals surface area contributed by atoms with Crippen molar-refractivity contribution in [3.8, 4) is 0 Å². The number of carbonyl (C=O) groups excluding carboxylic acids is 2. The van der Waals surface area contributed by atoms with Crippen LogP contribution in [0.1, 0.15) is 27.6 Å². The molecule has 1 amide bonds. The average molecular weight is 305 g/mol. The summed E-state index contributed by atoms with van der Waals surface area (Å²) < 4.78 is 4.95. The third-order valence-electron chi connectivity index (χ3n) is 2.68. The molecule has 0 unspecified atom stereocenters. The van der Waals surface area contributed by atoms with E-state index in [-0.39, 0.29) is 22.8 Å². The van der Waals surface area contributed by atoms with Gasteiger partial charge in [0.15, 0.2) is 0 Å². The molecule has 1 N–H and O–H groups in total. The third kappa shape index (κ3) is 3.58. The zero-order chi connectivity index (χ0) is 15.2. The highest BCUT2D eigenvalue weighted by Gasteiger charge is 2.16. The molecule has 0 aliphatic carbocycles. The number of nitrogens with zero attached hydrogens (tertiary/aromatic N) is 1. The minimum absolute atomic E-state index is 0.234. The molecular formula is C15H13ClN2O3. The Bertz CT molecular complexity index is 673. The number of pyridine rings is 1. The summed E-state index contributed by atoms with van der Waals surface area (Å²) in [5, 5.41) is 2.93. The first-order valence-electron chi connectivity index (χ1n) is 6.30. The zero-order valence-electron chi connectivity index (χ0n) is 11.3. The Morgan fingerprint density at radius 1 is 1.24 bits per heavy atom. The summed E-state index contributed by atoms with van der Waals surface area (Å²) in [5.74, 6) is -0.935. The lowest BCUT2D eigenvalue weighted by Crippen LogP contribution is -2.16. The van der Waals surface area contributed by atoms with Crippen molar-refractivity contribution in [1.29, 1.82) is 0 Å². The van der Waals surface area contributed by atoms with Gasteiger partial charge in [-0.3, -0.25) is 9.78 Å². The minimum atomic E-state index is -0.495. The van der Waals surface area contributed by atoms with E-state index in [0.717, 1.165) is 0 Å². The maximum absolute atomic E-state index is 12.2. The molecule has 1 aromatic heterocycles. The monoisotopic (exact) mass is 304 g/mol. The summed E-state index contributed by atoms with van der Waals surface area (Å²) in [7, 11) is 0. The van der Waals surface area contributed by atoms with E-state index in [4.69, 9.17) is 16.3 Å². The number of amides is 1. The number of hydrogen-bond acceptors (Lipinski definition) is 4. The van der Waals surface area contributed by atoms with Crippen molar-refractivity contribution >= 4 is 29.2 Å².